The van der Waals surface area contributed by atoms with Crippen molar-refractivity contribution in [2.45, 2.75) is 52.4 Å². The van der Waals surface area contributed by atoms with Gasteiger partial charge in [0, 0.05) is 51.6 Å². The largest absolute Gasteiger partial charge is 0.356 e. The first kappa shape index (κ1) is 22.5. The van der Waals surface area contributed by atoms with Crippen molar-refractivity contribution in [2.24, 2.45) is 17.8 Å². The molecule has 9 heteroatoms. The van der Waals surface area contributed by atoms with Crippen LogP contribution in [0.4, 0.5) is 10.3 Å². The molecule has 0 aliphatic carbocycles. The van der Waals surface area contributed by atoms with E-state index in [1.165, 1.54) is 30.8 Å². The van der Waals surface area contributed by atoms with Gasteiger partial charge in [-0.3, -0.25) is 14.5 Å². The van der Waals surface area contributed by atoms with E-state index in [1.54, 1.807) is 4.90 Å². The summed E-state index contributed by atoms with van der Waals surface area (Å²) in [4.78, 5) is 31.0. The zero-order valence-electron chi connectivity index (χ0n) is 18.9. The van der Waals surface area contributed by atoms with Crippen LogP contribution in [0.15, 0.2) is 0 Å². The number of hydrogen-bond donors (Lipinski definition) is 1. The van der Waals surface area contributed by atoms with E-state index in [4.69, 9.17) is 0 Å². The monoisotopic (exact) mass is 448 g/mol. The van der Waals surface area contributed by atoms with Crippen LogP contribution in [-0.4, -0.2) is 72.7 Å². The third-order valence-electron chi connectivity index (χ3n) is 6.74. The lowest BCUT2D eigenvalue weighted by molar-refractivity contribution is -0.125. The number of aromatic nitrogens is 2. The minimum Gasteiger partial charge on any atom is -0.356 e. The number of nitrogens with zero attached hydrogens (tertiary/aromatic N) is 5. The van der Waals surface area contributed by atoms with E-state index in [1.807, 2.05) is 0 Å². The smallest absolute Gasteiger partial charge is 0.228 e. The number of carbonyl (C=O) groups is 2. The maximum absolute atomic E-state index is 12.6. The van der Waals surface area contributed by atoms with Crippen molar-refractivity contribution in [3.63, 3.8) is 0 Å². The van der Waals surface area contributed by atoms with E-state index >= 15 is 0 Å². The van der Waals surface area contributed by atoms with Crippen molar-refractivity contribution in [1.82, 2.24) is 20.4 Å². The van der Waals surface area contributed by atoms with Gasteiger partial charge in [-0.05, 0) is 50.5 Å². The maximum atomic E-state index is 12.6. The van der Waals surface area contributed by atoms with Crippen LogP contribution < -0.4 is 15.1 Å². The molecular formula is C22H36N6O2S. The third-order valence-corrected chi connectivity index (χ3v) is 7.75. The average Bonchev–Trinajstić information content (AvgIpc) is 3.39. The van der Waals surface area contributed by atoms with E-state index in [0.29, 0.717) is 11.6 Å². The Morgan fingerprint density at radius 3 is 2.48 bits per heavy atom. The molecule has 1 N–H and O–H groups in total. The molecule has 4 heterocycles. The van der Waals surface area contributed by atoms with Crippen molar-refractivity contribution >= 4 is 33.4 Å². The van der Waals surface area contributed by atoms with Gasteiger partial charge in [0.05, 0.1) is 0 Å². The normalized spacial score (nSPS) is 25.9. The fraction of sp³-hybridized carbons (Fsp3) is 0.818. The molecule has 3 aliphatic rings. The summed E-state index contributed by atoms with van der Waals surface area (Å²) in [5.74, 6) is 1.98. The van der Waals surface area contributed by atoms with E-state index in [2.05, 4.69) is 39.2 Å². The summed E-state index contributed by atoms with van der Waals surface area (Å²) in [6.07, 6.45) is 5.53. The van der Waals surface area contributed by atoms with Gasteiger partial charge in [0.1, 0.15) is 0 Å². The van der Waals surface area contributed by atoms with Gasteiger partial charge in [-0.15, -0.1) is 10.2 Å². The van der Waals surface area contributed by atoms with Crippen LogP contribution in [-0.2, 0) is 9.59 Å². The minimum absolute atomic E-state index is 0.0823. The lowest BCUT2D eigenvalue weighted by Gasteiger charge is -2.35. The van der Waals surface area contributed by atoms with Gasteiger partial charge in [-0.1, -0.05) is 25.2 Å². The zero-order chi connectivity index (χ0) is 21.8. The molecule has 1 aromatic rings. The van der Waals surface area contributed by atoms with Crippen molar-refractivity contribution < 1.29 is 9.59 Å². The van der Waals surface area contributed by atoms with Gasteiger partial charge in [-0.2, -0.15) is 0 Å². The molecule has 31 heavy (non-hydrogen) atoms. The first-order valence-corrected chi connectivity index (χ1v) is 12.7. The second-order valence-corrected chi connectivity index (χ2v) is 10.6. The van der Waals surface area contributed by atoms with Crippen LogP contribution in [0.1, 0.15) is 52.4 Å². The Morgan fingerprint density at radius 1 is 1.10 bits per heavy atom. The molecule has 2 atom stereocenters. The Hall–Kier alpha value is -1.74. The molecule has 3 aliphatic heterocycles. The number of hydrogen-bond acceptors (Lipinski definition) is 7. The van der Waals surface area contributed by atoms with Crippen molar-refractivity contribution in [2.75, 3.05) is 55.6 Å². The first-order chi connectivity index (χ1) is 15.0. The predicted octanol–water partition coefficient (Wildman–Crippen LogP) is 2.37. The second-order valence-electron chi connectivity index (χ2n) is 9.63. The van der Waals surface area contributed by atoms with E-state index in [-0.39, 0.29) is 17.7 Å². The Bertz CT molecular complexity index is 753. The molecule has 3 fully saturated rings. The van der Waals surface area contributed by atoms with Crippen LogP contribution in [0.2, 0.25) is 0 Å². The minimum atomic E-state index is 0.0823. The zero-order valence-corrected chi connectivity index (χ0v) is 19.7. The standard InChI is InChI=1S/C22H36N6O2S/c1-16-13-17(2)15-26(14-16)9-4-8-23-20(30)18-6-11-27(12-7-18)21-24-25-22(31-21)28-10-3-5-19(28)29/h16-18H,3-15H2,1-2H3,(H,23,30)/t16-,17+. The highest BCUT2D eigenvalue weighted by molar-refractivity contribution is 7.19. The highest BCUT2D eigenvalue weighted by atomic mass is 32.1. The number of amides is 2. The SMILES string of the molecule is C[C@@H]1C[C@H](C)CN(CCCNC(=O)C2CCN(c3nnc(N4CCCC4=O)s3)CC2)C1. The number of anilines is 2. The van der Waals surface area contributed by atoms with Gasteiger partial charge in [-0.25, -0.2) is 0 Å². The Balaban J connectivity index is 1.16. The summed E-state index contributed by atoms with van der Waals surface area (Å²) in [7, 11) is 0. The van der Waals surface area contributed by atoms with Crippen LogP contribution >= 0.6 is 11.3 Å². The third kappa shape index (κ3) is 5.74. The Morgan fingerprint density at radius 2 is 1.81 bits per heavy atom. The van der Waals surface area contributed by atoms with Crippen molar-refractivity contribution in [3.8, 4) is 0 Å². The van der Waals surface area contributed by atoms with E-state index in [9.17, 15) is 9.59 Å². The number of carbonyl (C=O) groups excluding carboxylic acids is 2. The molecular weight excluding hydrogens is 412 g/mol. The number of rotatable bonds is 7. The second kappa shape index (κ2) is 10.3. The molecule has 172 valence electrons. The summed E-state index contributed by atoms with van der Waals surface area (Å²) in [5, 5.41) is 13.2. The summed E-state index contributed by atoms with van der Waals surface area (Å²) in [6, 6.07) is 0. The van der Waals surface area contributed by atoms with Crippen LogP contribution in [0.5, 0.6) is 0 Å². The summed E-state index contributed by atoms with van der Waals surface area (Å²) >= 11 is 1.48. The molecule has 0 saturated carbocycles. The molecule has 0 aromatic carbocycles. The molecule has 0 unspecified atom stereocenters. The van der Waals surface area contributed by atoms with Crippen molar-refractivity contribution in [3.05, 3.63) is 0 Å². The lowest BCUT2D eigenvalue weighted by atomic mass is 9.92. The number of piperidine rings is 2. The van der Waals surface area contributed by atoms with Gasteiger partial charge in [0.25, 0.3) is 0 Å². The molecule has 8 nitrogen and oxygen atoms in total. The first-order valence-electron chi connectivity index (χ1n) is 11.9. The average molecular weight is 449 g/mol. The van der Waals surface area contributed by atoms with E-state index in [0.717, 1.165) is 75.4 Å². The Labute approximate surface area is 189 Å². The van der Waals surface area contributed by atoms with Gasteiger partial charge in [0.2, 0.25) is 22.1 Å². The fourth-order valence-electron chi connectivity index (χ4n) is 5.26. The molecule has 3 saturated heterocycles. The van der Waals surface area contributed by atoms with Gasteiger partial charge < -0.3 is 15.1 Å². The summed E-state index contributed by atoms with van der Waals surface area (Å²) in [6.45, 7) is 11.3. The van der Waals surface area contributed by atoms with Crippen LogP contribution in [0, 0.1) is 17.8 Å². The number of nitrogens with one attached hydrogen (secondary N) is 1. The predicted molar refractivity (Wildman–Crippen MR) is 123 cm³/mol. The molecule has 0 spiro atoms. The molecule has 0 bridgehead atoms. The topological polar surface area (TPSA) is 81.7 Å². The maximum Gasteiger partial charge on any atom is 0.228 e. The van der Waals surface area contributed by atoms with E-state index < -0.39 is 0 Å². The van der Waals surface area contributed by atoms with Crippen molar-refractivity contribution in [1.29, 1.82) is 0 Å². The Kier molecular flexibility index (Phi) is 7.43. The highest BCUT2D eigenvalue weighted by Crippen LogP contribution is 2.32. The summed E-state index contributed by atoms with van der Waals surface area (Å²) in [5.41, 5.74) is 0. The molecule has 1 aromatic heterocycles. The summed E-state index contributed by atoms with van der Waals surface area (Å²) < 4.78 is 0. The molecule has 2 amide bonds. The fourth-order valence-corrected chi connectivity index (χ4v) is 6.20. The number of likely N-dealkylation sites (tertiary alicyclic amines) is 1. The van der Waals surface area contributed by atoms with Crippen LogP contribution in [0.3, 0.4) is 0 Å². The molecule has 0 radical (unpaired) electrons. The van der Waals surface area contributed by atoms with Gasteiger partial charge in [0.15, 0.2) is 0 Å². The highest BCUT2D eigenvalue weighted by Gasteiger charge is 2.29. The van der Waals surface area contributed by atoms with Gasteiger partial charge >= 0.3 is 0 Å². The van der Waals surface area contributed by atoms with Crippen LogP contribution in [0.25, 0.3) is 0 Å². The molecule has 4 rings (SSSR count). The lowest BCUT2D eigenvalue weighted by Crippen LogP contribution is -2.42. The quantitative estimate of drug-likeness (QED) is 0.645.